The van der Waals surface area contributed by atoms with Gasteiger partial charge in [-0.05, 0) is 32.6 Å². The van der Waals surface area contributed by atoms with Crippen molar-refractivity contribution in [3.05, 3.63) is 11.2 Å². The molecule has 0 bridgehead atoms. The first-order valence-electron chi connectivity index (χ1n) is 11.0. The zero-order valence-corrected chi connectivity index (χ0v) is 19.6. The van der Waals surface area contributed by atoms with Crippen molar-refractivity contribution in [2.45, 2.75) is 63.6 Å². The van der Waals surface area contributed by atoms with E-state index in [9.17, 15) is 9.59 Å². The lowest BCUT2D eigenvalue weighted by atomic mass is 10.1. The van der Waals surface area contributed by atoms with E-state index >= 15 is 0 Å². The van der Waals surface area contributed by atoms with Crippen molar-refractivity contribution in [2.24, 2.45) is 0 Å². The number of halogens is 1. The third kappa shape index (κ3) is 6.23. The maximum absolute atomic E-state index is 12.4. The number of hydrogen-bond donors (Lipinski definition) is 0. The number of aromatic nitrogens is 2. The lowest BCUT2D eigenvalue weighted by Gasteiger charge is -2.40. The number of carbonyl (C=O) groups is 2. The number of carbonyl (C=O) groups excluding carboxylic acids is 2. The summed E-state index contributed by atoms with van der Waals surface area (Å²) in [7, 11) is 0. The highest BCUT2D eigenvalue weighted by molar-refractivity contribution is 7.99. The second-order valence-electron chi connectivity index (χ2n) is 8.05. The minimum atomic E-state index is 0.119. The molecule has 166 valence electrons. The first-order chi connectivity index (χ1) is 14.5. The van der Waals surface area contributed by atoms with E-state index in [-0.39, 0.29) is 17.9 Å². The number of unbranched alkanes of at least 4 members (excludes halogenated alkanes) is 1. The van der Waals surface area contributed by atoms with Crippen molar-refractivity contribution in [2.75, 3.05) is 43.4 Å². The van der Waals surface area contributed by atoms with Crippen molar-refractivity contribution >= 4 is 41.0 Å². The largest absolute Gasteiger partial charge is 0.353 e. The fourth-order valence-electron chi connectivity index (χ4n) is 3.98. The molecule has 2 saturated heterocycles. The number of anilines is 1. The Balaban J connectivity index is 1.58. The molecule has 30 heavy (non-hydrogen) atoms. The number of rotatable bonds is 7. The van der Waals surface area contributed by atoms with Gasteiger partial charge in [-0.1, -0.05) is 36.7 Å². The Labute approximate surface area is 188 Å². The summed E-state index contributed by atoms with van der Waals surface area (Å²) in [6.07, 6.45) is 5.95. The van der Waals surface area contributed by atoms with Crippen LogP contribution in [0.5, 0.6) is 0 Å². The summed E-state index contributed by atoms with van der Waals surface area (Å²) in [6.45, 7) is 7.98. The molecule has 0 aliphatic carbocycles. The fraction of sp³-hybridized carbons (Fsp3) is 0.714. The molecule has 0 radical (unpaired) electrons. The smallest absolute Gasteiger partial charge is 0.233 e. The summed E-state index contributed by atoms with van der Waals surface area (Å²) in [4.78, 5) is 39.8. The van der Waals surface area contributed by atoms with Gasteiger partial charge in [-0.2, -0.15) is 0 Å². The van der Waals surface area contributed by atoms with Crippen LogP contribution >= 0.6 is 23.4 Å². The average Bonchev–Trinajstić information content (AvgIpc) is 2.76. The maximum atomic E-state index is 12.4. The summed E-state index contributed by atoms with van der Waals surface area (Å²) in [6, 6.07) is 1.88. The monoisotopic (exact) mass is 453 g/mol. The van der Waals surface area contributed by atoms with Gasteiger partial charge in [-0.25, -0.2) is 9.97 Å². The van der Waals surface area contributed by atoms with Gasteiger partial charge in [0, 0.05) is 51.3 Å². The van der Waals surface area contributed by atoms with Crippen molar-refractivity contribution in [3.8, 4) is 0 Å². The number of thioether (sulfide) groups is 1. The van der Waals surface area contributed by atoms with E-state index in [1.54, 1.807) is 6.07 Å². The molecule has 2 fully saturated rings. The number of piperidine rings is 1. The lowest BCUT2D eigenvalue weighted by molar-refractivity contribution is -0.133. The molecule has 2 amide bonds. The van der Waals surface area contributed by atoms with Crippen LogP contribution in [0.2, 0.25) is 5.15 Å². The van der Waals surface area contributed by atoms with Gasteiger partial charge >= 0.3 is 0 Å². The molecule has 2 aliphatic heterocycles. The van der Waals surface area contributed by atoms with E-state index in [1.165, 1.54) is 18.2 Å². The van der Waals surface area contributed by atoms with Gasteiger partial charge in [0.2, 0.25) is 11.8 Å². The van der Waals surface area contributed by atoms with Crippen LogP contribution in [0.15, 0.2) is 11.2 Å². The molecule has 0 spiro atoms. The molecule has 0 N–H and O–H groups in total. The van der Waals surface area contributed by atoms with Gasteiger partial charge in [0.1, 0.15) is 11.0 Å². The van der Waals surface area contributed by atoms with Crippen LogP contribution in [-0.2, 0) is 9.59 Å². The van der Waals surface area contributed by atoms with E-state index < -0.39 is 0 Å². The number of nitrogens with zero attached hydrogens (tertiary/aromatic N) is 5. The van der Waals surface area contributed by atoms with E-state index in [4.69, 9.17) is 11.6 Å². The van der Waals surface area contributed by atoms with Crippen molar-refractivity contribution < 1.29 is 9.59 Å². The minimum absolute atomic E-state index is 0.119. The molecule has 0 saturated carbocycles. The zero-order valence-electron chi connectivity index (χ0n) is 18.0. The van der Waals surface area contributed by atoms with Gasteiger partial charge in [-0.3, -0.25) is 9.59 Å². The number of amides is 2. The van der Waals surface area contributed by atoms with Gasteiger partial charge in [0.25, 0.3) is 0 Å². The van der Waals surface area contributed by atoms with E-state index in [0.29, 0.717) is 42.1 Å². The number of piperazine rings is 1. The molecule has 3 heterocycles. The van der Waals surface area contributed by atoms with Crippen LogP contribution in [0.4, 0.5) is 5.82 Å². The molecule has 1 atom stereocenters. The lowest BCUT2D eigenvalue weighted by Crippen LogP contribution is -2.54. The van der Waals surface area contributed by atoms with Crippen LogP contribution < -0.4 is 4.90 Å². The topological polar surface area (TPSA) is 69.6 Å². The number of likely N-dealkylation sites (tertiary alicyclic amines) is 1. The van der Waals surface area contributed by atoms with E-state index in [2.05, 4.69) is 28.7 Å². The summed E-state index contributed by atoms with van der Waals surface area (Å²) in [5.74, 6) is 1.46. The van der Waals surface area contributed by atoms with Crippen molar-refractivity contribution in [1.29, 1.82) is 0 Å². The quantitative estimate of drug-likeness (QED) is 0.357. The Kier molecular flexibility index (Phi) is 8.62. The summed E-state index contributed by atoms with van der Waals surface area (Å²) < 4.78 is 0. The third-order valence-electron chi connectivity index (χ3n) is 5.71. The van der Waals surface area contributed by atoms with Crippen molar-refractivity contribution in [1.82, 2.24) is 19.8 Å². The minimum Gasteiger partial charge on any atom is -0.353 e. The average molecular weight is 454 g/mol. The van der Waals surface area contributed by atoms with Crippen LogP contribution in [0, 0.1) is 0 Å². The first kappa shape index (κ1) is 23.1. The molecule has 1 unspecified atom stereocenters. The van der Waals surface area contributed by atoms with E-state index in [0.717, 1.165) is 44.6 Å². The van der Waals surface area contributed by atoms with Gasteiger partial charge < -0.3 is 14.7 Å². The van der Waals surface area contributed by atoms with E-state index in [1.807, 2.05) is 9.80 Å². The molecular weight excluding hydrogens is 422 g/mol. The molecular formula is C21H32ClN5O2S. The molecule has 0 aromatic carbocycles. The summed E-state index contributed by atoms with van der Waals surface area (Å²) in [5.41, 5.74) is 0. The third-order valence-corrected chi connectivity index (χ3v) is 6.74. The predicted octanol–water partition coefficient (Wildman–Crippen LogP) is 3.46. The second kappa shape index (κ2) is 11.2. The Morgan fingerprint density at radius 1 is 1.13 bits per heavy atom. The maximum Gasteiger partial charge on any atom is 0.233 e. The Morgan fingerprint density at radius 3 is 2.60 bits per heavy atom. The molecule has 9 heteroatoms. The van der Waals surface area contributed by atoms with Crippen molar-refractivity contribution in [3.63, 3.8) is 0 Å². The fourth-order valence-corrected chi connectivity index (χ4v) is 4.96. The predicted molar refractivity (Wildman–Crippen MR) is 121 cm³/mol. The summed E-state index contributed by atoms with van der Waals surface area (Å²) >= 11 is 7.60. The SMILES string of the molecule is CCCCC(=O)N1CCN(c2cc(Cl)nc(SCC(=O)N3CCCCC3)n2)CC1C. The standard InChI is InChI=1S/C21H32ClN5O2S/c1-3-4-8-19(28)27-12-11-26(14-16(27)2)18-13-17(22)23-21(24-18)30-15-20(29)25-9-6-5-7-10-25/h13,16H,3-12,14-15H2,1-2H3. The Morgan fingerprint density at radius 2 is 1.90 bits per heavy atom. The van der Waals surface area contributed by atoms with Crippen LogP contribution in [0.25, 0.3) is 0 Å². The molecule has 2 aliphatic rings. The normalized spacial score (nSPS) is 19.8. The second-order valence-corrected chi connectivity index (χ2v) is 9.38. The van der Waals surface area contributed by atoms with Crippen LogP contribution in [0.3, 0.4) is 0 Å². The van der Waals surface area contributed by atoms with Gasteiger partial charge in [0.15, 0.2) is 5.16 Å². The molecule has 1 aromatic rings. The molecule has 1 aromatic heterocycles. The summed E-state index contributed by atoms with van der Waals surface area (Å²) in [5, 5.41) is 0.902. The molecule has 7 nitrogen and oxygen atoms in total. The number of hydrogen-bond acceptors (Lipinski definition) is 6. The highest BCUT2D eigenvalue weighted by Crippen LogP contribution is 2.25. The van der Waals surface area contributed by atoms with Crippen LogP contribution in [-0.4, -0.2) is 76.1 Å². The highest BCUT2D eigenvalue weighted by atomic mass is 35.5. The zero-order chi connectivity index (χ0) is 21.5. The highest BCUT2D eigenvalue weighted by Gasteiger charge is 2.28. The van der Waals surface area contributed by atoms with Gasteiger partial charge in [0.05, 0.1) is 5.75 Å². The van der Waals surface area contributed by atoms with Gasteiger partial charge in [-0.15, -0.1) is 0 Å². The first-order valence-corrected chi connectivity index (χ1v) is 12.3. The van der Waals surface area contributed by atoms with Crippen LogP contribution in [0.1, 0.15) is 52.4 Å². The Hall–Kier alpha value is -1.54. The molecule has 3 rings (SSSR count). The Bertz CT molecular complexity index is 744.